The van der Waals surface area contributed by atoms with Crippen LogP contribution < -0.4 is 5.32 Å². The van der Waals surface area contributed by atoms with Crippen molar-refractivity contribution in [2.45, 2.75) is 32.2 Å². The molecule has 2 rings (SSSR count). The Morgan fingerprint density at radius 1 is 1.19 bits per heavy atom. The van der Waals surface area contributed by atoms with Gasteiger partial charge in [-0.2, -0.15) is 0 Å². The average molecular weight is 306 g/mol. The Kier molecular flexibility index (Phi) is 5.53. The molecule has 0 aliphatic heterocycles. The third-order valence-corrected chi connectivity index (χ3v) is 3.32. The Bertz CT molecular complexity index is 575. The van der Waals surface area contributed by atoms with E-state index in [9.17, 15) is 5.11 Å². The molecule has 1 unspecified atom stereocenters. The summed E-state index contributed by atoms with van der Waals surface area (Å²) >= 11 is 6.03. The largest absolute Gasteiger partial charge is 0.394 e. The Hall–Kier alpha value is -1.65. The summed E-state index contributed by atoms with van der Waals surface area (Å²) in [6.45, 7) is 4.05. The predicted octanol–water partition coefficient (Wildman–Crippen LogP) is 3.27. The second kappa shape index (κ2) is 7.38. The van der Waals surface area contributed by atoms with Crippen LogP contribution >= 0.6 is 11.6 Å². The normalized spacial score (nSPS) is 12.4. The van der Waals surface area contributed by atoms with Crippen molar-refractivity contribution in [3.63, 3.8) is 0 Å². The molecule has 2 aromatic rings. The van der Waals surface area contributed by atoms with Gasteiger partial charge in [0.1, 0.15) is 16.8 Å². The van der Waals surface area contributed by atoms with Gasteiger partial charge in [0, 0.05) is 12.0 Å². The number of benzene rings is 1. The van der Waals surface area contributed by atoms with E-state index in [0.717, 1.165) is 12.0 Å². The Morgan fingerprint density at radius 2 is 1.90 bits per heavy atom. The number of nitrogens with zero attached hydrogens (tertiary/aromatic N) is 2. The molecule has 0 saturated heterocycles. The van der Waals surface area contributed by atoms with Crippen molar-refractivity contribution in [2.75, 3.05) is 11.9 Å². The van der Waals surface area contributed by atoms with Crippen LogP contribution in [-0.2, 0) is 6.42 Å². The standard InChI is InChI=1S/C16H20ClN3O/c1-11(2)16-19-14(17)9-15(20-16)18-13(10-21)8-12-6-4-3-5-7-12/h3-7,9,11,13,21H,8,10H2,1-2H3,(H,18,19,20). The molecule has 0 bridgehead atoms. The first-order valence-electron chi connectivity index (χ1n) is 7.04. The van der Waals surface area contributed by atoms with Crippen LogP contribution in [0.1, 0.15) is 31.2 Å². The summed E-state index contributed by atoms with van der Waals surface area (Å²) in [4.78, 5) is 8.65. The molecule has 4 nitrogen and oxygen atoms in total. The first-order chi connectivity index (χ1) is 10.1. The lowest BCUT2D eigenvalue weighted by atomic mass is 10.1. The summed E-state index contributed by atoms with van der Waals surface area (Å²) < 4.78 is 0. The van der Waals surface area contributed by atoms with Crippen LogP contribution in [0.2, 0.25) is 5.15 Å². The predicted molar refractivity (Wildman–Crippen MR) is 85.8 cm³/mol. The van der Waals surface area contributed by atoms with Gasteiger partial charge in [0.15, 0.2) is 0 Å². The molecule has 0 fully saturated rings. The summed E-state index contributed by atoms with van der Waals surface area (Å²) in [5, 5.41) is 13.2. The van der Waals surface area contributed by atoms with Gasteiger partial charge in [0.05, 0.1) is 12.6 Å². The topological polar surface area (TPSA) is 58.0 Å². The van der Waals surface area contributed by atoms with Crippen molar-refractivity contribution in [2.24, 2.45) is 0 Å². The van der Waals surface area contributed by atoms with E-state index in [2.05, 4.69) is 15.3 Å². The Balaban J connectivity index is 2.11. The second-order valence-electron chi connectivity index (χ2n) is 5.30. The smallest absolute Gasteiger partial charge is 0.135 e. The van der Waals surface area contributed by atoms with Gasteiger partial charge in [0.25, 0.3) is 0 Å². The van der Waals surface area contributed by atoms with Gasteiger partial charge in [-0.3, -0.25) is 0 Å². The van der Waals surface area contributed by atoms with Crippen molar-refractivity contribution < 1.29 is 5.11 Å². The lowest BCUT2D eigenvalue weighted by Crippen LogP contribution is -2.27. The maximum absolute atomic E-state index is 9.56. The number of rotatable bonds is 6. The molecule has 0 aliphatic rings. The highest BCUT2D eigenvalue weighted by Gasteiger charge is 2.12. The van der Waals surface area contributed by atoms with Crippen LogP contribution in [0.15, 0.2) is 36.4 Å². The molecule has 0 radical (unpaired) electrons. The van der Waals surface area contributed by atoms with Crippen LogP contribution in [0.3, 0.4) is 0 Å². The summed E-state index contributed by atoms with van der Waals surface area (Å²) in [7, 11) is 0. The SMILES string of the molecule is CC(C)c1nc(Cl)cc(NC(CO)Cc2ccccc2)n1. The number of anilines is 1. The molecule has 5 heteroatoms. The fourth-order valence-corrected chi connectivity index (χ4v) is 2.23. The zero-order valence-corrected chi connectivity index (χ0v) is 13.0. The van der Waals surface area contributed by atoms with Crippen molar-refractivity contribution in [3.05, 3.63) is 52.9 Å². The van der Waals surface area contributed by atoms with Gasteiger partial charge >= 0.3 is 0 Å². The lowest BCUT2D eigenvalue weighted by Gasteiger charge is -2.18. The first-order valence-corrected chi connectivity index (χ1v) is 7.42. The Labute approximate surface area is 130 Å². The molecule has 0 aliphatic carbocycles. The van der Waals surface area contributed by atoms with Crippen molar-refractivity contribution >= 4 is 17.4 Å². The van der Waals surface area contributed by atoms with Gasteiger partial charge in [0.2, 0.25) is 0 Å². The highest BCUT2D eigenvalue weighted by atomic mass is 35.5. The molecular formula is C16H20ClN3O. The van der Waals surface area contributed by atoms with Gasteiger partial charge in [-0.1, -0.05) is 55.8 Å². The third-order valence-electron chi connectivity index (χ3n) is 3.13. The number of nitrogens with one attached hydrogen (secondary N) is 1. The molecule has 0 saturated carbocycles. The fraction of sp³-hybridized carbons (Fsp3) is 0.375. The molecule has 0 amide bonds. The van der Waals surface area contributed by atoms with Crippen molar-refractivity contribution in [1.82, 2.24) is 9.97 Å². The van der Waals surface area contributed by atoms with E-state index in [0.29, 0.717) is 16.8 Å². The fourth-order valence-electron chi connectivity index (χ4n) is 2.04. The highest BCUT2D eigenvalue weighted by Crippen LogP contribution is 2.18. The molecule has 1 heterocycles. The molecular weight excluding hydrogens is 286 g/mol. The lowest BCUT2D eigenvalue weighted by molar-refractivity contribution is 0.273. The minimum Gasteiger partial charge on any atom is -0.394 e. The van der Waals surface area contributed by atoms with E-state index >= 15 is 0 Å². The molecule has 1 aromatic heterocycles. The van der Waals surface area contributed by atoms with Gasteiger partial charge in [-0.05, 0) is 12.0 Å². The van der Waals surface area contributed by atoms with E-state index in [1.165, 1.54) is 0 Å². The summed E-state index contributed by atoms with van der Waals surface area (Å²) in [5.74, 6) is 1.54. The molecule has 2 N–H and O–H groups in total. The summed E-state index contributed by atoms with van der Waals surface area (Å²) in [5.41, 5.74) is 1.16. The number of hydrogen-bond donors (Lipinski definition) is 2. The molecule has 1 atom stereocenters. The number of aromatic nitrogens is 2. The van der Waals surface area contributed by atoms with Gasteiger partial charge < -0.3 is 10.4 Å². The highest BCUT2D eigenvalue weighted by molar-refractivity contribution is 6.29. The van der Waals surface area contributed by atoms with Gasteiger partial charge in [-0.15, -0.1) is 0 Å². The third kappa shape index (κ3) is 4.69. The van der Waals surface area contributed by atoms with Crippen LogP contribution in [0.5, 0.6) is 0 Å². The zero-order chi connectivity index (χ0) is 15.2. The second-order valence-corrected chi connectivity index (χ2v) is 5.69. The van der Waals surface area contributed by atoms with E-state index in [-0.39, 0.29) is 18.6 Å². The monoisotopic (exact) mass is 305 g/mol. The number of aliphatic hydroxyl groups is 1. The number of halogens is 1. The van der Waals surface area contributed by atoms with Crippen molar-refractivity contribution in [3.8, 4) is 0 Å². The molecule has 0 spiro atoms. The van der Waals surface area contributed by atoms with Crippen LogP contribution in [0, 0.1) is 0 Å². The minimum atomic E-state index is -0.113. The maximum Gasteiger partial charge on any atom is 0.135 e. The molecule has 1 aromatic carbocycles. The summed E-state index contributed by atoms with van der Waals surface area (Å²) in [6.07, 6.45) is 0.718. The first kappa shape index (κ1) is 15.7. The molecule has 112 valence electrons. The van der Waals surface area contributed by atoms with Crippen LogP contribution in [0.4, 0.5) is 5.82 Å². The van der Waals surface area contributed by atoms with Crippen LogP contribution in [-0.4, -0.2) is 27.7 Å². The van der Waals surface area contributed by atoms with E-state index in [4.69, 9.17) is 11.6 Å². The quantitative estimate of drug-likeness (QED) is 0.804. The van der Waals surface area contributed by atoms with Crippen LogP contribution in [0.25, 0.3) is 0 Å². The average Bonchev–Trinajstić information content (AvgIpc) is 2.47. The molecule has 21 heavy (non-hydrogen) atoms. The zero-order valence-electron chi connectivity index (χ0n) is 12.3. The minimum absolute atomic E-state index is 0.0214. The van der Waals surface area contributed by atoms with E-state index in [1.54, 1.807) is 6.07 Å². The summed E-state index contributed by atoms with van der Waals surface area (Å²) in [6, 6.07) is 11.6. The van der Waals surface area contributed by atoms with E-state index in [1.807, 2.05) is 44.2 Å². The van der Waals surface area contributed by atoms with E-state index < -0.39 is 0 Å². The maximum atomic E-state index is 9.56. The van der Waals surface area contributed by atoms with Gasteiger partial charge in [-0.25, -0.2) is 9.97 Å². The Morgan fingerprint density at radius 3 is 2.52 bits per heavy atom. The van der Waals surface area contributed by atoms with Crippen molar-refractivity contribution in [1.29, 1.82) is 0 Å². The number of aliphatic hydroxyl groups excluding tert-OH is 1. The number of hydrogen-bond acceptors (Lipinski definition) is 4.